The molecule has 1 rings (SSSR count). The number of likely N-dealkylation sites (tertiary alicyclic amines) is 1. The molecule has 2 nitrogen and oxygen atoms in total. The van der Waals surface area contributed by atoms with Gasteiger partial charge in [0.2, 0.25) is 0 Å². The fourth-order valence-electron chi connectivity index (χ4n) is 3.09. The van der Waals surface area contributed by atoms with Gasteiger partial charge in [0.05, 0.1) is 0 Å². The lowest BCUT2D eigenvalue weighted by Crippen LogP contribution is -2.47. The van der Waals surface area contributed by atoms with E-state index >= 15 is 0 Å². The van der Waals surface area contributed by atoms with Gasteiger partial charge in [-0.15, -0.1) is 0 Å². The number of nitrogens with zero attached hydrogens (tertiary/aromatic N) is 1. The van der Waals surface area contributed by atoms with Crippen molar-refractivity contribution in [1.82, 2.24) is 10.2 Å². The van der Waals surface area contributed by atoms with Crippen molar-refractivity contribution in [2.75, 3.05) is 26.2 Å². The smallest absolute Gasteiger partial charge is 0.0102 e. The van der Waals surface area contributed by atoms with Crippen molar-refractivity contribution in [2.24, 2.45) is 11.3 Å². The first-order valence-corrected chi connectivity index (χ1v) is 7.95. The highest BCUT2D eigenvalue weighted by molar-refractivity contribution is 4.84. The Hall–Kier alpha value is -0.0800. The Morgan fingerprint density at radius 1 is 1.22 bits per heavy atom. The van der Waals surface area contributed by atoms with Crippen molar-refractivity contribution in [2.45, 2.75) is 66.3 Å². The molecular weight excluding hydrogens is 220 g/mol. The predicted octanol–water partition coefficient (Wildman–Crippen LogP) is 3.52. The Morgan fingerprint density at radius 2 is 1.94 bits per heavy atom. The number of hydrogen-bond acceptors (Lipinski definition) is 2. The summed E-state index contributed by atoms with van der Waals surface area (Å²) in [6.07, 6.45) is 5.60. The van der Waals surface area contributed by atoms with Crippen LogP contribution in [0.15, 0.2) is 0 Å². The van der Waals surface area contributed by atoms with Crippen molar-refractivity contribution < 1.29 is 0 Å². The molecule has 2 unspecified atom stereocenters. The Balaban J connectivity index is 2.45. The summed E-state index contributed by atoms with van der Waals surface area (Å²) in [5.41, 5.74) is 0.363. The van der Waals surface area contributed by atoms with Gasteiger partial charge in [0.1, 0.15) is 0 Å². The van der Waals surface area contributed by atoms with Gasteiger partial charge < -0.3 is 10.2 Å². The van der Waals surface area contributed by atoms with E-state index in [1.165, 1.54) is 45.3 Å². The molecule has 1 heterocycles. The zero-order chi connectivity index (χ0) is 13.6. The minimum absolute atomic E-state index is 0.363. The summed E-state index contributed by atoms with van der Waals surface area (Å²) in [5, 5.41) is 3.58. The van der Waals surface area contributed by atoms with Gasteiger partial charge in [0.15, 0.2) is 0 Å². The van der Waals surface area contributed by atoms with Crippen LogP contribution in [0.1, 0.15) is 60.3 Å². The third kappa shape index (κ3) is 4.89. The maximum Gasteiger partial charge on any atom is 0.0102 e. The van der Waals surface area contributed by atoms with Crippen LogP contribution in [-0.2, 0) is 0 Å². The largest absolute Gasteiger partial charge is 0.314 e. The van der Waals surface area contributed by atoms with Gasteiger partial charge in [0, 0.05) is 12.6 Å². The SMILES string of the molecule is CCNC(C)C(C)(C)CN1CCCC(CC)CC1. The second-order valence-corrected chi connectivity index (χ2v) is 6.75. The molecule has 108 valence electrons. The number of hydrogen-bond donors (Lipinski definition) is 1. The first kappa shape index (κ1) is 16.0. The van der Waals surface area contributed by atoms with Gasteiger partial charge in [-0.25, -0.2) is 0 Å². The molecular formula is C16H34N2. The number of rotatable bonds is 6. The summed E-state index contributed by atoms with van der Waals surface area (Å²) in [5.74, 6) is 0.976. The molecule has 18 heavy (non-hydrogen) atoms. The molecule has 0 aromatic carbocycles. The summed E-state index contributed by atoms with van der Waals surface area (Å²) >= 11 is 0. The van der Waals surface area contributed by atoms with Crippen LogP contribution in [-0.4, -0.2) is 37.1 Å². The van der Waals surface area contributed by atoms with Crippen LogP contribution in [0.4, 0.5) is 0 Å². The summed E-state index contributed by atoms with van der Waals surface area (Å²) in [6.45, 7) is 16.6. The lowest BCUT2D eigenvalue weighted by molar-refractivity contribution is 0.145. The van der Waals surface area contributed by atoms with Gasteiger partial charge >= 0.3 is 0 Å². The lowest BCUT2D eigenvalue weighted by Gasteiger charge is -2.37. The Labute approximate surface area is 115 Å². The van der Waals surface area contributed by atoms with Crippen molar-refractivity contribution in [3.05, 3.63) is 0 Å². The van der Waals surface area contributed by atoms with E-state index < -0.39 is 0 Å². The molecule has 0 aromatic rings. The summed E-state index contributed by atoms with van der Waals surface area (Å²) in [4.78, 5) is 2.70. The highest BCUT2D eigenvalue weighted by Crippen LogP contribution is 2.26. The highest BCUT2D eigenvalue weighted by Gasteiger charge is 2.28. The van der Waals surface area contributed by atoms with Crippen molar-refractivity contribution in [1.29, 1.82) is 0 Å². The number of nitrogens with one attached hydrogen (secondary N) is 1. The Kier molecular flexibility index (Phi) is 6.65. The quantitative estimate of drug-likeness (QED) is 0.780. The van der Waals surface area contributed by atoms with Gasteiger partial charge in [-0.3, -0.25) is 0 Å². The Bertz CT molecular complexity index is 225. The average Bonchev–Trinajstić information content (AvgIpc) is 2.54. The standard InChI is InChI=1S/C16H34N2/c1-6-15-9-8-11-18(12-10-15)13-16(4,5)14(3)17-7-2/h14-15,17H,6-13H2,1-5H3. The molecule has 0 spiro atoms. The van der Waals surface area contributed by atoms with E-state index in [0.717, 1.165) is 12.5 Å². The minimum atomic E-state index is 0.363. The van der Waals surface area contributed by atoms with E-state index in [1.807, 2.05) is 0 Å². The molecule has 1 saturated heterocycles. The molecule has 0 bridgehead atoms. The van der Waals surface area contributed by atoms with Crippen LogP contribution >= 0.6 is 0 Å². The first-order chi connectivity index (χ1) is 8.49. The molecule has 2 atom stereocenters. The zero-order valence-corrected chi connectivity index (χ0v) is 13.3. The predicted molar refractivity (Wildman–Crippen MR) is 81.0 cm³/mol. The molecule has 2 heteroatoms. The molecule has 0 amide bonds. The van der Waals surface area contributed by atoms with E-state index in [1.54, 1.807) is 0 Å². The first-order valence-electron chi connectivity index (χ1n) is 7.95. The molecule has 1 fully saturated rings. The normalized spacial score (nSPS) is 24.8. The third-order valence-corrected chi connectivity index (χ3v) is 4.83. The summed E-state index contributed by atoms with van der Waals surface area (Å²) in [6, 6.07) is 0.590. The molecule has 1 aliphatic rings. The fourth-order valence-corrected chi connectivity index (χ4v) is 3.09. The van der Waals surface area contributed by atoms with Crippen molar-refractivity contribution in [3.8, 4) is 0 Å². The van der Waals surface area contributed by atoms with Crippen LogP contribution in [0.5, 0.6) is 0 Å². The average molecular weight is 254 g/mol. The van der Waals surface area contributed by atoms with Crippen LogP contribution in [0.2, 0.25) is 0 Å². The van der Waals surface area contributed by atoms with Gasteiger partial charge in [-0.2, -0.15) is 0 Å². The van der Waals surface area contributed by atoms with Gasteiger partial charge in [-0.05, 0) is 57.2 Å². The molecule has 0 aromatic heterocycles. The van der Waals surface area contributed by atoms with Crippen LogP contribution in [0, 0.1) is 11.3 Å². The minimum Gasteiger partial charge on any atom is -0.314 e. The third-order valence-electron chi connectivity index (χ3n) is 4.83. The van der Waals surface area contributed by atoms with Crippen LogP contribution in [0.25, 0.3) is 0 Å². The van der Waals surface area contributed by atoms with E-state index in [0.29, 0.717) is 11.5 Å². The maximum atomic E-state index is 3.58. The summed E-state index contributed by atoms with van der Waals surface area (Å²) in [7, 11) is 0. The van der Waals surface area contributed by atoms with E-state index in [2.05, 4.69) is 44.8 Å². The monoisotopic (exact) mass is 254 g/mol. The second-order valence-electron chi connectivity index (χ2n) is 6.75. The molecule has 1 N–H and O–H groups in total. The van der Waals surface area contributed by atoms with Gasteiger partial charge in [-0.1, -0.05) is 34.1 Å². The molecule has 0 saturated carbocycles. The molecule has 1 aliphatic heterocycles. The summed E-state index contributed by atoms with van der Waals surface area (Å²) < 4.78 is 0. The zero-order valence-electron chi connectivity index (χ0n) is 13.3. The van der Waals surface area contributed by atoms with Crippen molar-refractivity contribution in [3.63, 3.8) is 0 Å². The van der Waals surface area contributed by atoms with Crippen LogP contribution in [0.3, 0.4) is 0 Å². The fraction of sp³-hybridized carbons (Fsp3) is 1.00. The van der Waals surface area contributed by atoms with E-state index in [4.69, 9.17) is 0 Å². The van der Waals surface area contributed by atoms with Crippen LogP contribution < -0.4 is 5.32 Å². The second kappa shape index (κ2) is 7.49. The molecule has 0 aliphatic carbocycles. The maximum absolute atomic E-state index is 3.58. The van der Waals surface area contributed by atoms with Gasteiger partial charge in [0.25, 0.3) is 0 Å². The highest BCUT2D eigenvalue weighted by atomic mass is 15.1. The topological polar surface area (TPSA) is 15.3 Å². The lowest BCUT2D eigenvalue weighted by atomic mass is 9.84. The van der Waals surface area contributed by atoms with E-state index in [-0.39, 0.29) is 0 Å². The van der Waals surface area contributed by atoms with E-state index in [9.17, 15) is 0 Å². The van der Waals surface area contributed by atoms with Crippen molar-refractivity contribution >= 4 is 0 Å². The Morgan fingerprint density at radius 3 is 2.56 bits per heavy atom. The molecule has 0 radical (unpaired) electrons.